The molecule has 0 bridgehead atoms. The summed E-state index contributed by atoms with van der Waals surface area (Å²) in [4.78, 5) is 26.0. The molecule has 2 N–H and O–H groups in total. The van der Waals surface area contributed by atoms with Crippen molar-refractivity contribution in [1.29, 1.82) is 0 Å². The largest absolute Gasteiger partial charge is 0.336 e. The maximum atomic E-state index is 12.7. The molecule has 1 aromatic heterocycles. The van der Waals surface area contributed by atoms with E-state index in [9.17, 15) is 9.59 Å². The summed E-state index contributed by atoms with van der Waals surface area (Å²) in [6.07, 6.45) is 1.43. The van der Waals surface area contributed by atoms with Gasteiger partial charge in [-0.3, -0.25) is 9.69 Å². The number of para-hydroxylation sites is 1. The van der Waals surface area contributed by atoms with Gasteiger partial charge in [0.25, 0.3) is 5.91 Å². The number of hydrogen-bond acceptors (Lipinski definition) is 5. The van der Waals surface area contributed by atoms with Crippen molar-refractivity contribution < 1.29 is 9.59 Å². The molecule has 0 radical (unpaired) electrons. The molecule has 130 valence electrons. The molecular formula is C17H15N7O2. The predicted molar refractivity (Wildman–Crippen MR) is 94.3 cm³/mol. The van der Waals surface area contributed by atoms with Gasteiger partial charge in [-0.25, -0.2) is 4.79 Å². The predicted octanol–water partition coefficient (Wildman–Crippen LogP) is 1.44. The van der Waals surface area contributed by atoms with Crippen LogP contribution in [-0.4, -0.2) is 45.2 Å². The van der Waals surface area contributed by atoms with Crippen LogP contribution in [0.4, 0.5) is 16.2 Å². The summed E-state index contributed by atoms with van der Waals surface area (Å²) in [5, 5.41) is 16.6. The Kier molecular flexibility index (Phi) is 4.02. The van der Waals surface area contributed by atoms with E-state index in [0.717, 1.165) is 5.69 Å². The highest BCUT2D eigenvalue weighted by Gasteiger charge is 2.21. The molecule has 9 heteroatoms. The highest BCUT2D eigenvalue weighted by atomic mass is 16.2. The molecule has 1 aliphatic heterocycles. The Balaban J connectivity index is 1.53. The fraction of sp³-hybridized carbons (Fsp3) is 0.118. The van der Waals surface area contributed by atoms with Crippen LogP contribution < -0.4 is 15.5 Å². The fourth-order valence-corrected chi connectivity index (χ4v) is 2.78. The van der Waals surface area contributed by atoms with Crippen molar-refractivity contribution in [2.45, 2.75) is 0 Å². The average Bonchev–Trinajstić information content (AvgIpc) is 3.34. The second-order valence-electron chi connectivity index (χ2n) is 5.66. The van der Waals surface area contributed by atoms with E-state index in [0.29, 0.717) is 30.0 Å². The molecule has 26 heavy (non-hydrogen) atoms. The van der Waals surface area contributed by atoms with Crippen LogP contribution in [0.5, 0.6) is 0 Å². The van der Waals surface area contributed by atoms with Crippen LogP contribution in [-0.2, 0) is 0 Å². The zero-order valence-electron chi connectivity index (χ0n) is 13.7. The summed E-state index contributed by atoms with van der Waals surface area (Å²) in [7, 11) is 0. The molecule has 2 aromatic carbocycles. The van der Waals surface area contributed by atoms with Gasteiger partial charge in [-0.05, 0) is 46.8 Å². The van der Waals surface area contributed by atoms with Gasteiger partial charge < -0.3 is 10.6 Å². The second-order valence-corrected chi connectivity index (χ2v) is 5.66. The average molecular weight is 349 g/mol. The Bertz CT molecular complexity index is 938. The van der Waals surface area contributed by atoms with Crippen LogP contribution in [0.25, 0.3) is 5.69 Å². The summed E-state index contributed by atoms with van der Waals surface area (Å²) in [5.74, 6) is -0.275. The minimum absolute atomic E-state index is 0.114. The van der Waals surface area contributed by atoms with Crippen molar-refractivity contribution in [3.8, 4) is 5.69 Å². The first-order valence-corrected chi connectivity index (χ1v) is 8.01. The molecule has 0 aliphatic carbocycles. The number of aromatic nitrogens is 4. The Morgan fingerprint density at radius 1 is 1.12 bits per heavy atom. The third-order valence-corrected chi connectivity index (χ3v) is 4.04. The lowest BCUT2D eigenvalue weighted by atomic mass is 10.1. The van der Waals surface area contributed by atoms with Crippen molar-refractivity contribution in [2.75, 3.05) is 23.3 Å². The molecule has 0 spiro atoms. The van der Waals surface area contributed by atoms with Crippen molar-refractivity contribution in [1.82, 2.24) is 25.5 Å². The van der Waals surface area contributed by atoms with Gasteiger partial charge in [0.05, 0.1) is 11.3 Å². The third-order valence-electron chi connectivity index (χ3n) is 4.04. The zero-order valence-corrected chi connectivity index (χ0v) is 13.7. The maximum Gasteiger partial charge on any atom is 0.321 e. The van der Waals surface area contributed by atoms with E-state index in [2.05, 4.69) is 26.2 Å². The van der Waals surface area contributed by atoms with Crippen LogP contribution >= 0.6 is 0 Å². The monoisotopic (exact) mass is 349 g/mol. The highest BCUT2D eigenvalue weighted by molar-refractivity contribution is 6.06. The van der Waals surface area contributed by atoms with Gasteiger partial charge in [0.1, 0.15) is 6.33 Å². The minimum Gasteiger partial charge on any atom is -0.336 e. The first-order valence-electron chi connectivity index (χ1n) is 8.01. The summed E-state index contributed by atoms with van der Waals surface area (Å²) in [6.45, 7) is 1.26. The molecule has 1 aliphatic rings. The number of urea groups is 1. The van der Waals surface area contributed by atoms with Crippen molar-refractivity contribution in [3.63, 3.8) is 0 Å². The first kappa shape index (κ1) is 15.8. The Hall–Kier alpha value is -3.75. The third kappa shape index (κ3) is 2.97. The molecule has 9 nitrogen and oxygen atoms in total. The summed E-state index contributed by atoms with van der Waals surface area (Å²) < 4.78 is 1.43. The molecule has 3 aromatic rings. The van der Waals surface area contributed by atoms with Crippen LogP contribution in [0.2, 0.25) is 0 Å². The van der Waals surface area contributed by atoms with E-state index in [1.54, 1.807) is 47.4 Å². The zero-order chi connectivity index (χ0) is 17.9. The molecule has 2 heterocycles. The summed E-state index contributed by atoms with van der Waals surface area (Å²) in [5.41, 5.74) is 2.44. The van der Waals surface area contributed by atoms with Gasteiger partial charge in [0.15, 0.2) is 0 Å². The number of tetrazole rings is 1. The Labute approximate surface area is 148 Å². The molecule has 0 unspecified atom stereocenters. The minimum atomic E-state index is -0.275. The van der Waals surface area contributed by atoms with Crippen molar-refractivity contribution >= 4 is 23.3 Å². The Morgan fingerprint density at radius 2 is 1.92 bits per heavy atom. The number of nitrogens with zero attached hydrogens (tertiary/aromatic N) is 5. The topological polar surface area (TPSA) is 105 Å². The first-order chi connectivity index (χ1) is 12.7. The maximum absolute atomic E-state index is 12.7. The lowest BCUT2D eigenvalue weighted by Gasteiger charge is -2.15. The van der Waals surface area contributed by atoms with E-state index >= 15 is 0 Å². The number of hydrogen-bond donors (Lipinski definition) is 2. The van der Waals surface area contributed by atoms with E-state index in [1.165, 1.54) is 11.0 Å². The van der Waals surface area contributed by atoms with E-state index in [4.69, 9.17) is 0 Å². The van der Waals surface area contributed by atoms with Gasteiger partial charge in [0, 0.05) is 24.5 Å². The number of carbonyl (C=O) groups excluding carboxylic acids is 2. The van der Waals surface area contributed by atoms with E-state index in [1.807, 2.05) is 6.07 Å². The number of amides is 3. The van der Waals surface area contributed by atoms with Crippen LogP contribution in [0, 0.1) is 0 Å². The van der Waals surface area contributed by atoms with Crippen molar-refractivity contribution in [3.05, 3.63) is 60.4 Å². The SMILES string of the molecule is O=C(Nc1ccc(N2CCNC2=O)cc1)c1ccccc1-n1cnnn1. The van der Waals surface area contributed by atoms with Gasteiger partial charge in [-0.1, -0.05) is 12.1 Å². The highest BCUT2D eigenvalue weighted by Crippen LogP contribution is 2.21. The van der Waals surface area contributed by atoms with Crippen molar-refractivity contribution in [2.24, 2.45) is 0 Å². The molecule has 4 rings (SSSR count). The number of anilines is 2. The molecule has 3 amide bonds. The van der Waals surface area contributed by atoms with E-state index < -0.39 is 0 Å². The van der Waals surface area contributed by atoms with Gasteiger partial charge in [-0.2, -0.15) is 4.68 Å². The van der Waals surface area contributed by atoms with Gasteiger partial charge in [0.2, 0.25) is 0 Å². The van der Waals surface area contributed by atoms with Crippen LogP contribution in [0.15, 0.2) is 54.9 Å². The number of carbonyl (C=O) groups is 2. The molecule has 1 saturated heterocycles. The van der Waals surface area contributed by atoms with Gasteiger partial charge >= 0.3 is 6.03 Å². The molecular weight excluding hydrogens is 334 g/mol. The second kappa shape index (κ2) is 6.63. The summed E-state index contributed by atoms with van der Waals surface area (Å²) >= 11 is 0. The molecule has 0 atom stereocenters. The normalized spacial score (nSPS) is 13.5. The lowest BCUT2D eigenvalue weighted by Crippen LogP contribution is -2.27. The van der Waals surface area contributed by atoms with Crippen LogP contribution in [0.3, 0.4) is 0 Å². The number of nitrogens with one attached hydrogen (secondary N) is 2. The van der Waals surface area contributed by atoms with Gasteiger partial charge in [-0.15, -0.1) is 5.10 Å². The summed E-state index contributed by atoms with van der Waals surface area (Å²) in [6, 6.07) is 14.1. The lowest BCUT2D eigenvalue weighted by molar-refractivity contribution is 0.102. The Morgan fingerprint density at radius 3 is 2.62 bits per heavy atom. The number of benzene rings is 2. The van der Waals surface area contributed by atoms with E-state index in [-0.39, 0.29) is 11.9 Å². The van der Waals surface area contributed by atoms with Crippen LogP contribution in [0.1, 0.15) is 10.4 Å². The quantitative estimate of drug-likeness (QED) is 0.742. The fourth-order valence-electron chi connectivity index (χ4n) is 2.78. The number of rotatable bonds is 4. The molecule has 0 saturated carbocycles. The standard InChI is InChI=1S/C17H15N7O2/c25-16(14-3-1-2-4-15(14)24-11-19-21-22-24)20-12-5-7-13(8-6-12)23-10-9-18-17(23)26/h1-8,11H,9-10H2,(H,18,26)(H,20,25). The molecule has 1 fully saturated rings. The smallest absolute Gasteiger partial charge is 0.321 e.